The lowest BCUT2D eigenvalue weighted by atomic mass is 10.4. The van der Waals surface area contributed by atoms with Gasteiger partial charge in [0.15, 0.2) is 0 Å². The van der Waals surface area contributed by atoms with E-state index in [4.69, 9.17) is 0 Å². The summed E-state index contributed by atoms with van der Waals surface area (Å²) in [6.07, 6.45) is 0. The van der Waals surface area contributed by atoms with Crippen LogP contribution in [0, 0.1) is 0 Å². The number of aromatic nitrogens is 1. The van der Waals surface area contributed by atoms with Gasteiger partial charge in [-0.15, -0.1) is 11.3 Å². The van der Waals surface area contributed by atoms with E-state index < -0.39 is 0 Å². The van der Waals surface area contributed by atoms with Gasteiger partial charge < -0.3 is 5.32 Å². The molecule has 0 spiro atoms. The maximum Gasteiger partial charge on any atom is 0.143 e. The zero-order valence-corrected chi connectivity index (χ0v) is 7.15. The van der Waals surface area contributed by atoms with Crippen LogP contribution in [0.15, 0.2) is 10.9 Å². The minimum absolute atomic E-state index is 0.153. The van der Waals surface area contributed by atoms with Crippen LogP contribution < -0.4 is 5.32 Å². The summed E-state index contributed by atoms with van der Waals surface area (Å²) < 4.78 is 0. The second-order valence-corrected chi connectivity index (χ2v) is 3.00. The Morgan fingerprint density at radius 1 is 1.82 bits per heavy atom. The van der Waals surface area contributed by atoms with Crippen molar-refractivity contribution in [3.63, 3.8) is 0 Å². The van der Waals surface area contributed by atoms with E-state index in [9.17, 15) is 4.79 Å². The fraction of sp³-hybridized carbons (Fsp3) is 0.429. The molecule has 0 atom stereocenters. The van der Waals surface area contributed by atoms with Gasteiger partial charge in [-0.25, -0.2) is 4.98 Å². The van der Waals surface area contributed by atoms with Gasteiger partial charge in [-0.2, -0.15) is 0 Å². The van der Waals surface area contributed by atoms with Crippen LogP contribution in [0.3, 0.4) is 0 Å². The molecule has 1 rings (SSSR count). The van der Waals surface area contributed by atoms with E-state index in [-0.39, 0.29) is 5.78 Å². The predicted molar refractivity (Wildman–Crippen MR) is 44.5 cm³/mol. The molecule has 0 aliphatic heterocycles. The van der Waals surface area contributed by atoms with Gasteiger partial charge >= 0.3 is 0 Å². The first-order valence-corrected chi connectivity index (χ1v) is 4.30. The van der Waals surface area contributed by atoms with Crippen LogP contribution in [0.4, 0.5) is 0 Å². The number of carbonyl (C=O) groups excluding carboxylic acids is 1. The van der Waals surface area contributed by atoms with Gasteiger partial charge in [-0.05, 0) is 6.92 Å². The van der Waals surface area contributed by atoms with Crippen LogP contribution in [0.5, 0.6) is 0 Å². The first-order valence-electron chi connectivity index (χ1n) is 3.36. The highest BCUT2D eigenvalue weighted by molar-refractivity contribution is 7.07. The molecule has 3 nitrogen and oxygen atoms in total. The van der Waals surface area contributed by atoms with Crippen molar-refractivity contribution in [2.24, 2.45) is 0 Å². The molecule has 1 aromatic rings. The number of Topliss-reactive ketones (excluding diaryl/α,β-unsaturated/α-hetero) is 1. The molecule has 1 aromatic heterocycles. The Bertz CT molecular complexity index is 220. The second-order valence-electron chi connectivity index (χ2n) is 2.29. The molecule has 0 aromatic carbocycles. The Kier molecular flexibility index (Phi) is 3.19. The Morgan fingerprint density at radius 2 is 2.64 bits per heavy atom. The molecular weight excluding hydrogens is 160 g/mol. The lowest BCUT2D eigenvalue weighted by Crippen LogP contribution is -2.20. The molecule has 0 aliphatic rings. The minimum atomic E-state index is 0.153. The second kappa shape index (κ2) is 4.20. The third-order valence-electron chi connectivity index (χ3n) is 1.16. The number of nitrogens with zero attached hydrogens (tertiary/aromatic N) is 1. The Labute approximate surface area is 69.5 Å². The standard InChI is InChI=1S/C7H10N2OS/c1-6(10)2-8-3-7-4-11-5-9-7/h4-5,8H,2-3H2,1H3. The van der Waals surface area contributed by atoms with Gasteiger partial charge in [0.25, 0.3) is 0 Å². The smallest absolute Gasteiger partial charge is 0.143 e. The number of hydrogen-bond acceptors (Lipinski definition) is 4. The molecule has 0 aliphatic carbocycles. The van der Waals surface area contributed by atoms with E-state index in [0.29, 0.717) is 13.1 Å². The van der Waals surface area contributed by atoms with Crippen molar-refractivity contribution in [3.8, 4) is 0 Å². The highest BCUT2D eigenvalue weighted by Crippen LogP contribution is 1.99. The van der Waals surface area contributed by atoms with Crippen molar-refractivity contribution in [1.82, 2.24) is 10.3 Å². The summed E-state index contributed by atoms with van der Waals surface area (Å²) in [5.74, 6) is 0.153. The van der Waals surface area contributed by atoms with Crippen LogP contribution in [-0.2, 0) is 11.3 Å². The van der Waals surface area contributed by atoms with E-state index >= 15 is 0 Å². The minimum Gasteiger partial charge on any atom is -0.304 e. The number of rotatable bonds is 4. The third-order valence-corrected chi connectivity index (χ3v) is 1.80. The van der Waals surface area contributed by atoms with Crippen LogP contribution in [0.1, 0.15) is 12.6 Å². The largest absolute Gasteiger partial charge is 0.304 e. The van der Waals surface area contributed by atoms with Crippen LogP contribution in [-0.4, -0.2) is 17.3 Å². The summed E-state index contributed by atoms with van der Waals surface area (Å²) in [5.41, 5.74) is 2.78. The molecule has 0 saturated heterocycles. The van der Waals surface area contributed by atoms with E-state index in [2.05, 4.69) is 10.3 Å². The summed E-state index contributed by atoms with van der Waals surface area (Å²) in [6.45, 7) is 2.68. The van der Waals surface area contributed by atoms with Gasteiger partial charge in [0.2, 0.25) is 0 Å². The molecule has 4 heteroatoms. The fourth-order valence-corrected chi connectivity index (χ4v) is 1.25. The van der Waals surface area contributed by atoms with Crippen LogP contribution in [0.25, 0.3) is 0 Å². The molecule has 1 N–H and O–H groups in total. The topological polar surface area (TPSA) is 42.0 Å². The van der Waals surface area contributed by atoms with Crippen molar-refractivity contribution in [2.75, 3.05) is 6.54 Å². The predicted octanol–water partition coefficient (Wildman–Crippen LogP) is 0.822. The van der Waals surface area contributed by atoms with Crippen molar-refractivity contribution >= 4 is 17.1 Å². The lowest BCUT2D eigenvalue weighted by molar-refractivity contribution is -0.116. The molecule has 0 radical (unpaired) electrons. The highest BCUT2D eigenvalue weighted by Gasteiger charge is 1.94. The van der Waals surface area contributed by atoms with E-state index in [1.54, 1.807) is 23.8 Å². The lowest BCUT2D eigenvalue weighted by Gasteiger charge is -1.96. The Morgan fingerprint density at radius 3 is 3.18 bits per heavy atom. The summed E-state index contributed by atoms with van der Waals surface area (Å²) in [5, 5.41) is 4.95. The molecule has 0 bridgehead atoms. The molecule has 60 valence electrons. The molecule has 0 unspecified atom stereocenters. The normalized spacial score (nSPS) is 9.91. The maximum atomic E-state index is 10.5. The van der Waals surface area contributed by atoms with Gasteiger partial charge in [0.1, 0.15) is 5.78 Å². The quantitative estimate of drug-likeness (QED) is 0.727. The van der Waals surface area contributed by atoms with Crippen molar-refractivity contribution < 1.29 is 4.79 Å². The Balaban J connectivity index is 2.19. The molecule has 11 heavy (non-hydrogen) atoms. The summed E-state index contributed by atoms with van der Waals surface area (Å²) in [4.78, 5) is 14.5. The number of carbonyl (C=O) groups is 1. The summed E-state index contributed by atoms with van der Waals surface area (Å²) in [7, 11) is 0. The van der Waals surface area contributed by atoms with Crippen LogP contribution >= 0.6 is 11.3 Å². The van der Waals surface area contributed by atoms with Gasteiger partial charge in [0.05, 0.1) is 17.7 Å². The zero-order valence-electron chi connectivity index (χ0n) is 6.33. The first kappa shape index (κ1) is 8.36. The van der Waals surface area contributed by atoms with E-state index in [1.165, 1.54) is 0 Å². The van der Waals surface area contributed by atoms with Crippen molar-refractivity contribution in [2.45, 2.75) is 13.5 Å². The number of thiazole rings is 1. The van der Waals surface area contributed by atoms with Gasteiger partial charge in [-0.1, -0.05) is 0 Å². The monoisotopic (exact) mass is 170 g/mol. The Hall–Kier alpha value is -0.740. The number of nitrogens with one attached hydrogen (secondary N) is 1. The highest BCUT2D eigenvalue weighted by atomic mass is 32.1. The van der Waals surface area contributed by atoms with E-state index in [0.717, 1.165) is 5.69 Å². The number of ketones is 1. The number of hydrogen-bond donors (Lipinski definition) is 1. The van der Waals surface area contributed by atoms with Gasteiger partial charge in [0, 0.05) is 11.9 Å². The molecule has 0 fully saturated rings. The zero-order chi connectivity index (χ0) is 8.10. The third kappa shape index (κ3) is 3.25. The maximum absolute atomic E-state index is 10.5. The average Bonchev–Trinajstić information content (AvgIpc) is 2.39. The van der Waals surface area contributed by atoms with Gasteiger partial charge in [-0.3, -0.25) is 4.79 Å². The molecule has 0 amide bonds. The molecular formula is C7H10N2OS. The molecule has 0 saturated carbocycles. The van der Waals surface area contributed by atoms with Crippen LogP contribution in [0.2, 0.25) is 0 Å². The summed E-state index contributed by atoms with van der Waals surface area (Å²) >= 11 is 1.56. The summed E-state index contributed by atoms with van der Waals surface area (Å²) in [6, 6.07) is 0. The average molecular weight is 170 g/mol. The fourth-order valence-electron chi connectivity index (χ4n) is 0.691. The van der Waals surface area contributed by atoms with Crippen molar-refractivity contribution in [3.05, 3.63) is 16.6 Å². The first-order chi connectivity index (χ1) is 5.29. The van der Waals surface area contributed by atoms with Crippen molar-refractivity contribution in [1.29, 1.82) is 0 Å². The SMILES string of the molecule is CC(=O)CNCc1cscn1. The van der Waals surface area contributed by atoms with E-state index in [1.807, 2.05) is 5.38 Å². The molecule has 1 heterocycles.